The molecule has 1 aliphatic rings. The zero-order valence-electron chi connectivity index (χ0n) is 13.4. The van der Waals surface area contributed by atoms with Gasteiger partial charge in [0, 0.05) is 31.8 Å². The summed E-state index contributed by atoms with van der Waals surface area (Å²) >= 11 is 0. The number of anilines is 1. The average molecular weight is 312 g/mol. The Bertz CT molecular complexity index is 684. The van der Waals surface area contributed by atoms with Crippen molar-refractivity contribution in [3.8, 4) is 0 Å². The number of tetrazole rings is 1. The van der Waals surface area contributed by atoms with Crippen LogP contribution in [0.2, 0.25) is 0 Å². The van der Waals surface area contributed by atoms with Crippen molar-refractivity contribution in [1.29, 1.82) is 0 Å². The average Bonchev–Trinajstić information content (AvgIpc) is 3.11. The van der Waals surface area contributed by atoms with Gasteiger partial charge < -0.3 is 9.80 Å². The third kappa shape index (κ3) is 3.56. The number of aromatic nitrogens is 4. The monoisotopic (exact) mass is 312 g/mol. The molecule has 1 aromatic carbocycles. The lowest BCUT2D eigenvalue weighted by Crippen LogP contribution is -2.49. The van der Waals surface area contributed by atoms with Crippen LogP contribution in [0.15, 0.2) is 29.8 Å². The van der Waals surface area contributed by atoms with Crippen LogP contribution in [0.4, 0.5) is 5.95 Å². The van der Waals surface area contributed by atoms with Crippen molar-refractivity contribution in [3.05, 3.63) is 41.0 Å². The fourth-order valence-electron chi connectivity index (χ4n) is 2.62. The maximum Gasteiger partial charge on any atom is 0.265 e. The minimum absolute atomic E-state index is 0.0818. The van der Waals surface area contributed by atoms with Crippen molar-refractivity contribution in [1.82, 2.24) is 25.5 Å². The quantitative estimate of drug-likeness (QED) is 0.863. The zero-order chi connectivity index (χ0) is 16.2. The Balaban J connectivity index is 1.61. The fraction of sp³-hybridized carbons (Fsp3) is 0.375. The van der Waals surface area contributed by atoms with E-state index in [0.29, 0.717) is 32.1 Å². The third-order valence-corrected chi connectivity index (χ3v) is 3.98. The number of H-pyrrole nitrogens is 1. The van der Waals surface area contributed by atoms with Gasteiger partial charge in [-0.2, -0.15) is 5.21 Å². The maximum absolute atomic E-state index is 12.6. The summed E-state index contributed by atoms with van der Waals surface area (Å²) in [6, 6.07) is 8.15. The summed E-state index contributed by atoms with van der Waals surface area (Å²) in [5.74, 6) is 0.669. The topological polar surface area (TPSA) is 78.0 Å². The fourth-order valence-corrected chi connectivity index (χ4v) is 2.62. The molecular weight excluding hydrogens is 292 g/mol. The SMILES string of the molecule is CC(=Cc1ccc(C)cc1)C(=O)N1CCN(c2nn[nH]n2)CC1. The number of carbonyl (C=O) groups excluding carboxylic acids is 1. The van der Waals surface area contributed by atoms with Crippen molar-refractivity contribution in [2.24, 2.45) is 0 Å². The number of carbonyl (C=O) groups is 1. The molecule has 1 amide bonds. The van der Waals surface area contributed by atoms with Crippen LogP contribution >= 0.6 is 0 Å². The summed E-state index contributed by atoms with van der Waals surface area (Å²) in [4.78, 5) is 16.4. The molecule has 120 valence electrons. The van der Waals surface area contributed by atoms with Gasteiger partial charge >= 0.3 is 0 Å². The van der Waals surface area contributed by atoms with Gasteiger partial charge in [-0.15, -0.1) is 5.10 Å². The second-order valence-electron chi connectivity index (χ2n) is 5.73. The van der Waals surface area contributed by atoms with Gasteiger partial charge in [0.25, 0.3) is 5.95 Å². The molecule has 7 heteroatoms. The summed E-state index contributed by atoms with van der Waals surface area (Å²) < 4.78 is 0. The first-order chi connectivity index (χ1) is 11.1. The Morgan fingerprint density at radius 3 is 2.48 bits per heavy atom. The minimum atomic E-state index is 0.0818. The van der Waals surface area contributed by atoms with E-state index in [2.05, 4.69) is 27.5 Å². The molecular formula is C16H20N6O. The van der Waals surface area contributed by atoms with Crippen LogP contribution in [0.1, 0.15) is 18.1 Å². The molecule has 0 radical (unpaired) electrons. The number of benzene rings is 1. The van der Waals surface area contributed by atoms with E-state index in [1.54, 1.807) is 0 Å². The highest BCUT2D eigenvalue weighted by molar-refractivity contribution is 5.97. The molecule has 0 unspecified atom stereocenters. The van der Waals surface area contributed by atoms with Crippen LogP contribution in [0.25, 0.3) is 6.08 Å². The highest BCUT2D eigenvalue weighted by Crippen LogP contribution is 2.14. The molecule has 2 aromatic rings. The van der Waals surface area contributed by atoms with Gasteiger partial charge in [-0.1, -0.05) is 34.9 Å². The van der Waals surface area contributed by atoms with E-state index in [1.807, 2.05) is 47.1 Å². The number of hydrogen-bond acceptors (Lipinski definition) is 5. The van der Waals surface area contributed by atoms with E-state index in [0.717, 1.165) is 11.1 Å². The number of nitrogens with one attached hydrogen (secondary N) is 1. The first-order valence-electron chi connectivity index (χ1n) is 7.66. The Hall–Kier alpha value is -2.70. The molecule has 1 saturated heterocycles. The number of piperazine rings is 1. The van der Waals surface area contributed by atoms with E-state index < -0.39 is 0 Å². The van der Waals surface area contributed by atoms with E-state index >= 15 is 0 Å². The van der Waals surface area contributed by atoms with Crippen LogP contribution in [-0.4, -0.2) is 57.6 Å². The predicted molar refractivity (Wildman–Crippen MR) is 87.8 cm³/mol. The lowest BCUT2D eigenvalue weighted by molar-refractivity contribution is -0.127. The number of aryl methyl sites for hydroxylation is 1. The summed E-state index contributed by atoms with van der Waals surface area (Å²) in [6.45, 7) is 6.66. The number of amides is 1. The van der Waals surface area contributed by atoms with Gasteiger partial charge in [0.15, 0.2) is 0 Å². The summed E-state index contributed by atoms with van der Waals surface area (Å²) in [7, 11) is 0. The van der Waals surface area contributed by atoms with Crippen molar-refractivity contribution in [3.63, 3.8) is 0 Å². The third-order valence-electron chi connectivity index (χ3n) is 3.98. The molecule has 0 bridgehead atoms. The molecule has 3 rings (SSSR count). The van der Waals surface area contributed by atoms with Crippen molar-refractivity contribution >= 4 is 17.9 Å². The van der Waals surface area contributed by atoms with Gasteiger partial charge in [-0.3, -0.25) is 4.79 Å². The Labute approximate surface area is 135 Å². The first kappa shape index (κ1) is 15.2. The summed E-state index contributed by atoms with van der Waals surface area (Å²) in [5, 5.41) is 14.0. The van der Waals surface area contributed by atoms with Gasteiger partial charge in [0.05, 0.1) is 0 Å². The van der Waals surface area contributed by atoms with Crippen molar-refractivity contribution in [2.75, 3.05) is 31.1 Å². The first-order valence-corrected chi connectivity index (χ1v) is 7.66. The molecule has 23 heavy (non-hydrogen) atoms. The van der Waals surface area contributed by atoms with Crippen LogP contribution in [0.3, 0.4) is 0 Å². The number of hydrogen-bond donors (Lipinski definition) is 1. The number of nitrogens with zero attached hydrogens (tertiary/aromatic N) is 5. The normalized spacial score (nSPS) is 15.8. The lowest BCUT2D eigenvalue weighted by atomic mass is 10.1. The molecule has 1 fully saturated rings. The molecule has 1 aliphatic heterocycles. The van der Waals surface area contributed by atoms with Crippen LogP contribution in [-0.2, 0) is 4.79 Å². The lowest BCUT2D eigenvalue weighted by Gasteiger charge is -2.34. The molecule has 0 atom stereocenters. The van der Waals surface area contributed by atoms with Gasteiger partial charge in [-0.25, -0.2) is 0 Å². The van der Waals surface area contributed by atoms with Crippen LogP contribution in [0.5, 0.6) is 0 Å². The van der Waals surface area contributed by atoms with Gasteiger partial charge in [0.1, 0.15) is 0 Å². The highest BCUT2D eigenvalue weighted by atomic mass is 16.2. The molecule has 7 nitrogen and oxygen atoms in total. The van der Waals surface area contributed by atoms with E-state index in [9.17, 15) is 4.79 Å². The Kier molecular flexibility index (Phi) is 4.36. The standard InChI is InChI=1S/C16H20N6O/c1-12-3-5-14(6-4-12)11-13(2)15(23)21-7-9-22(10-8-21)16-17-19-20-18-16/h3-6,11H,7-10H2,1-2H3,(H,17,18,19,20). The van der Waals surface area contributed by atoms with E-state index in [4.69, 9.17) is 0 Å². The van der Waals surface area contributed by atoms with E-state index in [-0.39, 0.29) is 5.91 Å². The van der Waals surface area contributed by atoms with Gasteiger partial charge in [-0.05, 0) is 30.7 Å². The van der Waals surface area contributed by atoms with E-state index in [1.165, 1.54) is 5.56 Å². The molecule has 2 heterocycles. The molecule has 0 spiro atoms. The number of rotatable bonds is 3. The zero-order valence-corrected chi connectivity index (χ0v) is 13.4. The smallest absolute Gasteiger partial charge is 0.265 e. The Morgan fingerprint density at radius 1 is 1.17 bits per heavy atom. The summed E-state index contributed by atoms with van der Waals surface area (Å²) in [5.41, 5.74) is 3.01. The minimum Gasteiger partial charge on any atom is -0.335 e. The highest BCUT2D eigenvalue weighted by Gasteiger charge is 2.23. The largest absolute Gasteiger partial charge is 0.335 e. The molecule has 0 aliphatic carbocycles. The van der Waals surface area contributed by atoms with Crippen LogP contribution < -0.4 is 4.90 Å². The van der Waals surface area contributed by atoms with Crippen molar-refractivity contribution < 1.29 is 4.79 Å². The molecule has 0 saturated carbocycles. The Morgan fingerprint density at radius 2 is 1.87 bits per heavy atom. The van der Waals surface area contributed by atoms with Gasteiger partial charge in [0.2, 0.25) is 5.91 Å². The van der Waals surface area contributed by atoms with Crippen molar-refractivity contribution in [2.45, 2.75) is 13.8 Å². The molecule has 1 N–H and O–H groups in total. The summed E-state index contributed by atoms with van der Waals surface area (Å²) in [6.07, 6.45) is 1.94. The maximum atomic E-state index is 12.6. The number of aromatic amines is 1. The predicted octanol–water partition coefficient (Wildman–Crippen LogP) is 1.26. The second-order valence-corrected chi connectivity index (χ2v) is 5.73. The van der Waals surface area contributed by atoms with Crippen LogP contribution in [0, 0.1) is 6.92 Å². The molecule has 1 aromatic heterocycles. The second kappa shape index (κ2) is 6.60.